The number of hydrogen-bond acceptors (Lipinski definition) is 7. The van der Waals surface area contributed by atoms with Crippen LogP contribution in [0.15, 0.2) is 37.6 Å². The lowest BCUT2D eigenvalue weighted by molar-refractivity contribution is -0.126. The second kappa shape index (κ2) is 14.0. The van der Waals surface area contributed by atoms with Crippen molar-refractivity contribution < 1.29 is 28.7 Å². The fourth-order valence-electron chi connectivity index (χ4n) is 4.46. The Balaban J connectivity index is 0.000000408. The second-order valence-corrected chi connectivity index (χ2v) is 12.9. The molecule has 0 saturated carbocycles. The zero-order chi connectivity index (χ0) is 30.9. The number of nitrogens with zero attached hydrogens (tertiary/aromatic N) is 3. The summed E-state index contributed by atoms with van der Waals surface area (Å²) in [7, 11) is 3.74. The van der Waals surface area contributed by atoms with Gasteiger partial charge in [-0.2, -0.15) is 0 Å². The van der Waals surface area contributed by atoms with Gasteiger partial charge in [-0.3, -0.25) is 9.59 Å². The summed E-state index contributed by atoms with van der Waals surface area (Å²) in [4.78, 5) is 53.2. The lowest BCUT2D eigenvalue weighted by atomic mass is 9.75. The van der Waals surface area contributed by atoms with Crippen LogP contribution in [0.4, 0.5) is 9.59 Å². The van der Waals surface area contributed by atoms with Crippen LogP contribution in [-0.4, -0.2) is 89.9 Å². The van der Waals surface area contributed by atoms with Gasteiger partial charge < -0.3 is 24.2 Å². The molecule has 2 rings (SSSR count). The third kappa shape index (κ3) is 10.5. The first-order valence-corrected chi connectivity index (χ1v) is 13.9. The summed E-state index contributed by atoms with van der Waals surface area (Å²) in [5, 5.41) is 0. The van der Waals surface area contributed by atoms with E-state index >= 15 is 0 Å². The monoisotopic (exact) mass is 561 g/mol. The highest BCUT2D eigenvalue weighted by molar-refractivity contribution is 5.96. The van der Waals surface area contributed by atoms with Crippen LogP contribution in [0.2, 0.25) is 0 Å². The van der Waals surface area contributed by atoms with Crippen molar-refractivity contribution in [3.05, 3.63) is 37.6 Å². The van der Waals surface area contributed by atoms with E-state index in [2.05, 4.69) is 13.2 Å². The summed E-state index contributed by atoms with van der Waals surface area (Å²) in [6, 6.07) is 0. The summed E-state index contributed by atoms with van der Waals surface area (Å²) in [6.45, 7) is 22.3. The molecule has 2 fully saturated rings. The van der Waals surface area contributed by atoms with Gasteiger partial charge in [-0.05, 0) is 80.2 Å². The van der Waals surface area contributed by atoms with Gasteiger partial charge in [-0.15, -0.1) is 13.2 Å². The molecule has 0 aromatic carbocycles. The van der Waals surface area contributed by atoms with Crippen molar-refractivity contribution in [2.45, 2.75) is 85.4 Å². The van der Waals surface area contributed by atoms with E-state index in [-0.39, 0.29) is 23.8 Å². The van der Waals surface area contributed by atoms with E-state index in [1.54, 1.807) is 41.2 Å². The average molecular weight is 562 g/mol. The van der Waals surface area contributed by atoms with Gasteiger partial charge in [0.1, 0.15) is 17.0 Å². The maximum absolute atomic E-state index is 12.4. The highest BCUT2D eigenvalue weighted by Crippen LogP contribution is 2.35. The van der Waals surface area contributed by atoms with Gasteiger partial charge in [0.15, 0.2) is 5.78 Å². The molecule has 0 radical (unpaired) electrons. The predicted octanol–water partition coefficient (Wildman–Crippen LogP) is 5.61. The molecule has 2 aliphatic heterocycles. The molecule has 0 atom stereocenters. The van der Waals surface area contributed by atoms with Crippen molar-refractivity contribution in [2.75, 3.05) is 40.3 Å². The molecule has 0 aromatic heterocycles. The van der Waals surface area contributed by atoms with Crippen molar-refractivity contribution in [3.8, 4) is 0 Å². The molecule has 226 valence electrons. The first kappa shape index (κ1) is 34.9. The Kier molecular flexibility index (Phi) is 12.2. The van der Waals surface area contributed by atoms with Gasteiger partial charge in [0.2, 0.25) is 0 Å². The smallest absolute Gasteiger partial charge is 0.410 e. The summed E-state index contributed by atoms with van der Waals surface area (Å²) >= 11 is 0. The number of Topliss-reactive ketones (excluding diaryl/α,β-unsaturated/α-hetero) is 1. The van der Waals surface area contributed by atoms with Crippen LogP contribution in [-0.2, 0) is 19.1 Å². The molecule has 2 saturated heterocycles. The predicted molar refractivity (Wildman–Crippen MR) is 158 cm³/mol. The molecule has 0 aromatic rings. The zero-order valence-electron chi connectivity index (χ0n) is 26.2. The lowest BCUT2D eigenvalue weighted by Gasteiger charge is -2.38. The summed E-state index contributed by atoms with van der Waals surface area (Å²) in [6.07, 6.45) is 8.57. The minimum absolute atomic E-state index is 0.0417. The molecule has 40 heavy (non-hydrogen) atoms. The first-order valence-electron chi connectivity index (χ1n) is 13.9. The molecule has 9 heteroatoms. The van der Waals surface area contributed by atoms with Crippen LogP contribution in [0.3, 0.4) is 0 Å². The average Bonchev–Trinajstić information content (AvgIpc) is 2.85. The maximum Gasteiger partial charge on any atom is 0.410 e. The molecule has 2 aliphatic rings. The van der Waals surface area contributed by atoms with Crippen LogP contribution in [0.5, 0.6) is 0 Å². The molecule has 0 spiro atoms. The largest absolute Gasteiger partial charge is 0.444 e. The summed E-state index contributed by atoms with van der Waals surface area (Å²) < 4.78 is 10.7. The number of ether oxygens (including phenoxy) is 2. The number of ketones is 2. The fraction of sp³-hybridized carbons (Fsp3) is 0.677. The second-order valence-electron chi connectivity index (χ2n) is 12.9. The quantitative estimate of drug-likeness (QED) is 0.307. The van der Waals surface area contributed by atoms with Crippen molar-refractivity contribution in [2.24, 2.45) is 10.8 Å². The lowest BCUT2D eigenvalue weighted by Crippen LogP contribution is -2.46. The number of allylic oxidation sites excluding steroid dienone is 3. The van der Waals surface area contributed by atoms with Gasteiger partial charge in [0, 0.05) is 51.9 Å². The van der Waals surface area contributed by atoms with Crippen LogP contribution in [0.1, 0.15) is 74.1 Å². The van der Waals surface area contributed by atoms with E-state index in [0.29, 0.717) is 51.9 Å². The van der Waals surface area contributed by atoms with Crippen molar-refractivity contribution in [1.29, 1.82) is 0 Å². The van der Waals surface area contributed by atoms with Crippen LogP contribution in [0, 0.1) is 10.8 Å². The molecular formula is C31H51N3O6. The molecule has 0 unspecified atom stereocenters. The Labute approximate surface area is 241 Å². The maximum atomic E-state index is 12.4. The van der Waals surface area contributed by atoms with Crippen molar-refractivity contribution in [1.82, 2.24) is 14.7 Å². The summed E-state index contributed by atoms with van der Waals surface area (Å²) in [5.74, 6) is 0.168. The van der Waals surface area contributed by atoms with E-state index < -0.39 is 22.0 Å². The molecule has 2 amide bonds. The SMILES string of the molecule is C=CC1(C(=O)/C=C\N(C)C)CCN(C(=O)OC(C)(C)C)CC1.C=CC1(C(C)=O)CCN(C(=O)OC(C)(C)C)CC1. The standard InChI is InChI=1S/C17H28N2O3.C14H23NO3/c1-7-17(14(20)8-11-18(5)6)9-12-19(13-10-17)15(21)22-16(2,3)4;1-6-14(11(2)16)7-9-15(10-8-14)12(17)18-13(3,4)5/h7-8,11H,1,9-10,12-13H2,2-6H3;6H,1,7-10H2,2-5H3/b11-8-;. The Morgan fingerprint density at radius 3 is 1.35 bits per heavy atom. The van der Waals surface area contributed by atoms with Gasteiger partial charge in [-0.1, -0.05) is 12.2 Å². The first-order chi connectivity index (χ1) is 18.3. The Morgan fingerprint density at radius 1 is 0.725 bits per heavy atom. The number of hydrogen-bond donors (Lipinski definition) is 0. The number of carbonyl (C=O) groups excluding carboxylic acids is 4. The van der Waals surface area contributed by atoms with Crippen LogP contribution >= 0.6 is 0 Å². The minimum Gasteiger partial charge on any atom is -0.444 e. The van der Waals surface area contributed by atoms with E-state index in [1.807, 2.05) is 60.5 Å². The third-order valence-electron chi connectivity index (χ3n) is 7.11. The summed E-state index contributed by atoms with van der Waals surface area (Å²) in [5.41, 5.74) is -2.03. The van der Waals surface area contributed by atoms with Gasteiger partial charge >= 0.3 is 12.2 Å². The molecule has 0 N–H and O–H groups in total. The minimum atomic E-state index is -0.578. The van der Waals surface area contributed by atoms with Crippen LogP contribution < -0.4 is 0 Å². The van der Waals surface area contributed by atoms with E-state index in [9.17, 15) is 19.2 Å². The van der Waals surface area contributed by atoms with Crippen molar-refractivity contribution >= 4 is 23.8 Å². The van der Waals surface area contributed by atoms with E-state index in [1.165, 1.54) is 0 Å². The Hall–Kier alpha value is -3.10. The normalized spacial score (nSPS) is 18.6. The number of rotatable bonds is 6. The number of amides is 2. The van der Waals surface area contributed by atoms with Gasteiger partial charge in [0.25, 0.3) is 0 Å². The zero-order valence-corrected chi connectivity index (χ0v) is 26.2. The topological polar surface area (TPSA) is 96.5 Å². The number of piperidine rings is 2. The van der Waals surface area contributed by atoms with Gasteiger partial charge in [-0.25, -0.2) is 9.59 Å². The third-order valence-corrected chi connectivity index (χ3v) is 7.11. The highest BCUT2D eigenvalue weighted by atomic mass is 16.6. The molecule has 2 heterocycles. The van der Waals surface area contributed by atoms with E-state index in [4.69, 9.17) is 9.47 Å². The number of carbonyl (C=O) groups is 4. The van der Waals surface area contributed by atoms with Crippen LogP contribution in [0.25, 0.3) is 0 Å². The Morgan fingerprint density at radius 2 is 1.07 bits per heavy atom. The highest BCUT2D eigenvalue weighted by Gasteiger charge is 2.40. The number of likely N-dealkylation sites (tertiary alicyclic amines) is 2. The molecular weight excluding hydrogens is 510 g/mol. The molecule has 0 bridgehead atoms. The molecule has 9 nitrogen and oxygen atoms in total. The van der Waals surface area contributed by atoms with Crippen molar-refractivity contribution in [3.63, 3.8) is 0 Å². The molecule has 0 aliphatic carbocycles. The Bertz CT molecular complexity index is 955. The fourth-order valence-corrected chi connectivity index (χ4v) is 4.46. The van der Waals surface area contributed by atoms with E-state index in [0.717, 1.165) is 0 Å². The van der Waals surface area contributed by atoms with Gasteiger partial charge in [0.05, 0.1) is 5.41 Å².